The van der Waals surface area contributed by atoms with Crippen LogP contribution in [-0.2, 0) is 10.3 Å². The first-order valence-corrected chi connectivity index (χ1v) is 6.29. The fourth-order valence-electron chi connectivity index (χ4n) is 1.65. The van der Waals surface area contributed by atoms with Gasteiger partial charge in [-0.3, -0.25) is 4.79 Å². The minimum absolute atomic E-state index is 0.159. The molecule has 0 fully saturated rings. The van der Waals surface area contributed by atoms with Gasteiger partial charge in [-0.05, 0) is 31.5 Å². The third kappa shape index (κ3) is 5.18. The molecule has 0 aromatic heterocycles. The summed E-state index contributed by atoms with van der Waals surface area (Å²) in [5.74, 6) is -0.159. The first kappa shape index (κ1) is 15.3. The van der Waals surface area contributed by atoms with Crippen LogP contribution in [0.15, 0.2) is 24.3 Å². The Hall–Kier alpha value is -1.75. The number of halogens is 1. The molecular weight excluding hydrogens is 266 g/mol. The molecule has 0 heterocycles. The summed E-state index contributed by atoms with van der Waals surface area (Å²) in [6.07, 6.45) is 0.181. The Bertz CT molecular complexity index is 457. The quantitative estimate of drug-likeness (QED) is 0.769. The normalized spacial score (nSPS) is 10.9. The zero-order valence-electron chi connectivity index (χ0n) is 11.0. The van der Waals surface area contributed by atoms with Crippen molar-refractivity contribution in [2.45, 2.75) is 25.8 Å². The van der Waals surface area contributed by atoms with Crippen LogP contribution in [0.4, 0.5) is 4.79 Å². The van der Waals surface area contributed by atoms with Crippen molar-refractivity contribution < 1.29 is 9.59 Å². The highest BCUT2D eigenvalue weighted by atomic mass is 35.5. The molecule has 104 valence electrons. The number of carbonyl (C=O) groups excluding carboxylic acids is 2. The lowest BCUT2D eigenvalue weighted by atomic mass is 9.94. The zero-order chi connectivity index (χ0) is 14.5. The number of nitrogens with one attached hydrogen (secondary N) is 2. The molecule has 0 saturated carbocycles. The minimum Gasteiger partial charge on any atom is -0.352 e. The van der Waals surface area contributed by atoms with Gasteiger partial charge in [-0.2, -0.15) is 0 Å². The van der Waals surface area contributed by atoms with Gasteiger partial charge in [0.2, 0.25) is 5.91 Å². The third-order valence-electron chi connectivity index (χ3n) is 2.67. The summed E-state index contributed by atoms with van der Waals surface area (Å²) in [7, 11) is 0. The number of benzene rings is 1. The van der Waals surface area contributed by atoms with E-state index in [1.54, 1.807) is 12.1 Å². The second kappa shape index (κ2) is 6.43. The van der Waals surface area contributed by atoms with Crippen molar-refractivity contribution in [3.8, 4) is 0 Å². The summed E-state index contributed by atoms with van der Waals surface area (Å²) in [6.45, 7) is 4.02. The van der Waals surface area contributed by atoms with Crippen LogP contribution < -0.4 is 16.4 Å². The molecule has 0 saturated heterocycles. The molecule has 19 heavy (non-hydrogen) atoms. The maximum Gasteiger partial charge on any atom is 0.312 e. The topological polar surface area (TPSA) is 84.2 Å². The maximum absolute atomic E-state index is 11.8. The molecule has 0 aliphatic heterocycles. The monoisotopic (exact) mass is 283 g/mol. The van der Waals surface area contributed by atoms with Crippen molar-refractivity contribution in [2.24, 2.45) is 5.73 Å². The SMILES string of the molecule is CC(C)(NC(=O)CCNC(N)=O)c1ccc(Cl)cc1. The highest BCUT2D eigenvalue weighted by molar-refractivity contribution is 6.30. The fourth-order valence-corrected chi connectivity index (χ4v) is 1.77. The zero-order valence-corrected chi connectivity index (χ0v) is 11.8. The van der Waals surface area contributed by atoms with Crippen LogP contribution in [0, 0.1) is 0 Å². The lowest BCUT2D eigenvalue weighted by molar-refractivity contribution is -0.122. The second-order valence-corrected chi connectivity index (χ2v) is 5.16. The van der Waals surface area contributed by atoms with Crippen LogP contribution in [0.1, 0.15) is 25.8 Å². The number of rotatable bonds is 5. The number of hydrogen-bond donors (Lipinski definition) is 3. The van der Waals surface area contributed by atoms with Gasteiger partial charge in [0.25, 0.3) is 0 Å². The summed E-state index contributed by atoms with van der Waals surface area (Å²) >= 11 is 5.83. The van der Waals surface area contributed by atoms with Crippen molar-refractivity contribution in [3.63, 3.8) is 0 Å². The van der Waals surface area contributed by atoms with Crippen LogP contribution in [0.3, 0.4) is 0 Å². The number of hydrogen-bond acceptors (Lipinski definition) is 2. The lowest BCUT2D eigenvalue weighted by Gasteiger charge is -2.27. The van der Waals surface area contributed by atoms with E-state index >= 15 is 0 Å². The maximum atomic E-state index is 11.8. The van der Waals surface area contributed by atoms with Crippen molar-refractivity contribution in [1.29, 1.82) is 0 Å². The Kier molecular flexibility index (Phi) is 5.18. The van der Waals surface area contributed by atoms with E-state index in [0.29, 0.717) is 5.02 Å². The summed E-state index contributed by atoms with van der Waals surface area (Å²) < 4.78 is 0. The van der Waals surface area contributed by atoms with Crippen molar-refractivity contribution in [1.82, 2.24) is 10.6 Å². The summed E-state index contributed by atoms with van der Waals surface area (Å²) in [4.78, 5) is 22.2. The van der Waals surface area contributed by atoms with Gasteiger partial charge < -0.3 is 16.4 Å². The van der Waals surface area contributed by atoms with Crippen LogP contribution in [-0.4, -0.2) is 18.5 Å². The van der Waals surface area contributed by atoms with E-state index in [1.165, 1.54) is 0 Å². The van der Waals surface area contributed by atoms with Gasteiger partial charge in [0, 0.05) is 18.0 Å². The van der Waals surface area contributed by atoms with Crippen LogP contribution >= 0.6 is 11.6 Å². The molecule has 0 atom stereocenters. The third-order valence-corrected chi connectivity index (χ3v) is 2.92. The molecule has 3 amide bonds. The van der Waals surface area contributed by atoms with E-state index in [1.807, 2.05) is 26.0 Å². The van der Waals surface area contributed by atoms with Gasteiger partial charge in [0.15, 0.2) is 0 Å². The van der Waals surface area contributed by atoms with E-state index < -0.39 is 11.6 Å². The molecule has 5 nitrogen and oxygen atoms in total. The van der Waals surface area contributed by atoms with Crippen LogP contribution in [0.25, 0.3) is 0 Å². The fraction of sp³-hybridized carbons (Fsp3) is 0.385. The number of amides is 3. The molecule has 0 aliphatic carbocycles. The molecule has 0 aliphatic rings. The molecule has 1 rings (SSSR count). The van der Waals surface area contributed by atoms with E-state index in [-0.39, 0.29) is 18.9 Å². The van der Waals surface area contributed by atoms with Crippen LogP contribution in [0.5, 0.6) is 0 Å². The Morgan fingerprint density at radius 3 is 2.37 bits per heavy atom. The van der Waals surface area contributed by atoms with E-state index in [9.17, 15) is 9.59 Å². The molecule has 0 unspecified atom stereocenters. The summed E-state index contributed by atoms with van der Waals surface area (Å²) in [5.41, 5.74) is 5.36. The van der Waals surface area contributed by atoms with E-state index in [4.69, 9.17) is 17.3 Å². The van der Waals surface area contributed by atoms with Gasteiger partial charge in [-0.25, -0.2) is 4.79 Å². The molecule has 0 radical (unpaired) electrons. The molecule has 6 heteroatoms. The average molecular weight is 284 g/mol. The van der Waals surface area contributed by atoms with Gasteiger partial charge >= 0.3 is 6.03 Å². The molecular formula is C13H18ClN3O2. The van der Waals surface area contributed by atoms with Gasteiger partial charge in [0.1, 0.15) is 0 Å². The Morgan fingerprint density at radius 1 is 1.26 bits per heavy atom. The Balaban J connectivity index is 2.56. The summed E-state index contributed by atoms with van der Waals surface area (Å²) in [6, 6.07) is 6.65. The van der Waals surface area contributed by atoms with Gasteiger partial charge in [-0.1, -0.05) is 23.7 Å². The van der Waals surface area contributed by atoms with Gasteiger partial charge in [-0.15, -0.1) is 0 Å². The highest BCUT2D eigenvalue weighted by Gasteiger charge is 2.22. The molecule has 1 aromatic rings. The first-order chi connectivity index (χ1) is 8.81. The second-order valence-electron chi connectivity index (χ2n) is 4.72. The minimum atomic E-state index is -0.634. The van der Waals surface area contributed by atoms with E-state index in [0.717, 1.165) is 5.56 Å². The Labute approximate surface area is 117 Å². The number of nitrogens with two attached hydrogens (primary N) is 1. The molecule has 0 bridgehead atoms. The lowest BCUT2D eigenvalue weighted by Crippen LogP contribution is -2.42. The highest BCUT2D eigenvalue weighted by Crippen LogP contribution is 2.21. The standard InChI is InChI=1S/C13H18ClN3O2/c1-13(2,9-3-5-10(14)6-4-9)17-11(18)7-8-16-12(15)19/h3-6H,7-8H2,1-2H3,(H,17,18)(H3,15,16,19). The predicted molar refractivity (Wildman–Crippen MR) is 74.8 cm³/mol. The largest absolute Gasteiger partial charge is 0.352 e. The average Bonchev–Trinajstić information content (AvgIpc) is 2.28. The number of primary amides is 1. The first-order valence-electron chi connectivity index (χ1n) is 5.91. The molecule has 0 spiro atoms. The smallest absolute Gasteiger partial charge is 0.312 e. The van der Waals surface area contributed by atoms with Crippen molar-refractivity contribution in [3.05, 3.63) is 34.9 Å². The Morgan fingerprint density at radius 2 is 1.84 bits per heavy atom. The molecule has 1 aromatic carbocycles. The van der Waals surface area contributed by atoms with Crippen molar-refractivity contribution >= 4 is 23.5 Å². The number of carbonyl (C=O) groups is 2. The molecule has 4 N–H and O–H groups in total. The van der Waals surface area contributed by atoms with E-state index in [2.05, 4.69) is 10.6 Å². The van der Waals surface area contributed by atoms with Crippen LogP contribution in [0.2, 0.25) is 5.02 Å². The van der Waals surface area contributed by atoms with Crippen molar-refractivity contribution in [2.75, 3.05) is 6.54 Å². The van der Waals surface area contributed by atoms with Gasteiger partial charge in [0.05, 0.1) is 5.54 Å². The summed E-state index contributed by atoms with van der Waals surface area (Å²) in [5, 5.41) is 5.91. The predicted octanol–water partition coefficient (Wildman–Crippen LogP) is 1.75. The number of urea groups is 1.